The van der Waals surface area contributed by atoms with Crippen LogP contribution in [0.3, 0.4) is 0 Å². The minimum Gasteiger partial charge on any atom is -0.493 e. The predicted octanol–water partition coefficient (Wildman–Crippen LogP) is 2.20. The number of fused-ring (bicyclic) bond motifs is 1. The number of ether oxygens (including phenoxy) is 2. The molecule has 5 nitrogen and oxygen atoms in total. The van der Waals surface area contributed by atoms with Gasteiger partial charge in [0.25, 0.3) is 0 Å². The summed E-state index contributed by atoms with van der Waals surface area (Å²) in [7, 11) is 3.17. The van der Waals surface area contributed by atoms with Gasteiger partial charge in [-0.15, -0.1) is 0 Å². The van der Waals surface area contributed by atoms with E-state index in [0.29, 0.717) is 37.0 Å². The van der Waals surface area contributed by atoms with Gasteiger partial charge >= 0.3 is 0 Å². The average Bonchev–Trinajstić information content (AvgIpc) is 2.91. The Hall–Kier alpha value is -2.11. The quantitative estimate of drug-likeness (QED) is 0.860. The number of hydrogen-bond acceptors (Lipinski definition) is 5. The molecule has 1 aromatic heterocycles. The predicted molar refractivity (Wildman–Crippen MR) is 74.4 cm³/mol. The van der Waals surface area contributed by atoms with Crippen LogP contribution >= 0.6 is 0 Å². The van der Waals surface area contributed by atoms with Crippen LogP contribution in [0.15, 0.2) is 18.3 Å². The summed E-state index contributed by atoms with van der Waals surface area (Å²) in [4.78, 5) is 10.7. The highest BCUT2D eigenvalue weighted by atomic mass is 19.1. The number of halogens is 1. The zero-order valence-corrected chi connectivity index (χ0v) is 11.5. The highest BCUT2D eigenvalue weighted by Crippen LogP contribution is 2.32. The number of hydrogen-bond donors (Lipinski definition) is 0. The van der Waals surface area contributed by atoms with E-state index in [1.165, 1.54) is 0 Å². The third-order valence-electron chi connectivity index (χ3n) is 3.49. The number of aromatic nitrogens is 2. The highest BCUT2D eigenvalue weighted by Gasteiger charge is 2.24. The zero-order chi connectivity index (χ0) is 14.1. The second-order valence-corrected chi connectivity index (χ2v) is 4.77. The van der Waals surface area contributed by atoms with E-state index >= 15 is 0 Å². The lowest BCUT2D eigenvalue weighted by Gasteiger charge is -2.15. The van der Waals surface area contributed by atoms with Crippen molar-refractivity contribution in [3.05, 3.63) is 18.3 Å². The normalized spacial score (nSPS) is 18.6. The lowest BCUT2D eigenvalue weighted by atomic mass is 10.2. The van der Waals surface area contributed by atoms with E-state index in [-0.39, 0.29) is 0 Å². The van der Waals surface area contributed by atoms with Crippen molar-refractivity contribution >= 4 is 16.9 Å². The Kier molecular flexibility index (Phi) is 3.30. The first kappa shape index (κ1) is 12.9. The summed E-state index contributed by atoms with van der Waals surface area (Å²) in [5.74, 6) is 1.82. The van der Waals surface area contributed by atoms with Crippen LogP contribution in [-0.4, -0.2) is 43.4 Å². The molecule has 0 amide bonds. The summed E-state index contributed by atoms with van der Waals surface area (Å²) in [6.45, 7) is 1.01. The van der Waals surface area contributed by atoms with Gasteiger partial charge in [0.05, 0.1) is 26.3 Å². The number of benzene rings is 1. The first-order chi connectivity index (χ1) is 9.71. The van der Waals surface area contributed by atoms with Crippen molar-refractivity contribution in [2.24, 2.45) is 0 Å². The Balaban J connectivity index is 2.02. The maximum Gasteiger partial charge on any atom is 0.225 e. The summed E-state index contributed by atoms with van der Waals surface area (Å²) in [5, 5.41) is 0.863. The summed E-state index contributed by atoms with van der Waals surface area (Å²) in [6.07, 6.45) is 1.47. The number of methoxy groups -OCH3 is 2. The van der Waals surface area contributed by atoms with Gasteiger partial charge in [-0.05, 0) is 12.5 Å². The fourth-order valence-corrected chi connectivity index (χ4v) is 2.40. The van der Waals surface area contributed by atoms with Crippen molar-refractivity contribution in [3.8, 4) is 11.5 Å². The second kappa shape index (κ2) is 5.11. The molecular weight excluding hydrogens is 261 g/mol. The average molecular weight is 277 g/mol. The molecule has 20 heavy (non-hydrogen) atoms. The van der Waals surface area contributed by atoms with Crippen LogP contribution in [0, 0.1) is 0 Å². The van der Waals surface area contributed by atoms with Gasteiger partial charge in [0.1, 0.15) is 6.17 Å². The van der Waals surface area contributed by atoms with Gasteiger partial charge in [-0.25, -0.2) is 14.4 Å². The molecule has 2 heterocycles. The van der Waals surface area contributed by atoms with Gasteiger partial charge in [-0.1, -0.05) is 0 Å². The summed E-state index contributed by atoms with van der Waals surface area (Å²) >= 11 is 0. The molecule has 1 aliphatic heterocycles. The molecule has 1 aromatic carbocycles. The molecule has 2 aromatic rings. The number of anilines is 1. The van der Waals surface area contributed by atoms with Crippen LogP contribution in [0.2, 0.25) is 0 Å². The van der Waals surface area contributed by atoms with Crippen LogP contribution in [0.5, 0.6) is 11.5 Å². The fourth-order valence-electron chi connectivity index (χ4n) is 2.40. The minimum absolute atomic E-state index is 0.360. The summed E-state index contributed by atoms with van der Waals surface area (Å²) < 4.78 is 23.8. The van der Waals surface area contributed by atoms with Gasteiger partial charge in [0, 0.05) is 24.2 Å². The maximum absolute atomic E-state index is 13.3. The Bertz CT molecular complexity index is 635. The van der Waals surface area contributed by atoms with Gasteiger partial charge in [-0.2, -0.15) is 0 Å². The van der Waals surface area contributed by atoms with Gasteiger partial charge in [0.15, 0.2) is 11.5 Å². The molecule has 0 bridgehead atoms. The zero-order valence-electron chi connectivity index (χ0n) is 11.5. The SMILES string of the molecule is COc1cc2cnc(N3CCC(F)C3)nc2cc1OC. The number of rotatable bonds is 3. The number of alkyl halides is 1. The molecule has 1 fully saturated rings. The van der Waals surface area contributed by atoms with Gasteiger partial charge in [-0.3, -0.25) is 0 Å². The van der Waals surface area contributed by atoms with Crippen LogP contribution in [0.25, 0.3) is 10.9 Å². The van der Waals surface area contributed by atoms with E-state index in [9.17, 15) is 4.39 Å². The van der Waals surface area contributed by atoms with Crippen LogP contribution in [-0.2, 0) is 0 Å². The largest absolute Gasteiger partial charge is 0.493 e. The molecule has 1 unspecified atom stereocenters. The fraction of sp³-hybridized carbons (Fsp3) is 0.429. The molecule has 1 saturated heterocycles. The van der Waals surface area contributed by atoms with Crippen molar-refractivity contribution in [2.75, 3.05) is 32.2 Å². The Morgan fingerprint density at radius 2 is 2.00 bits per heavy atom. The van der Waals surface area contributed by atoms with Crippen molar-refractivity contribution in [1.82, 2.24) is 9.97 Å². The monoisotopic (exact) mass is 277 g/mol. The third kappa shape index (κ3) is 2.21. The van der Waals surface area contributed by atoms with E-state index in [4.69, 9.17) is 9.47 Å². The molecule has 0 N–H and O–H groups in total. The molecule has 0 saturated carbocycles. The smallest absolute Gasteiger partial charge is 0.225 e. The Labute approximate surface area is 116 Å². The van der Waals surface area contributed by atoms with Crippen molar-refractivity contribution in [1.29, 1.82) is 0 Å². The molecule has 0 aliphatic carbocycles. The minimum atomic E-state index is -0.792. The summed E-state index contributed by atoms with van der Waals surface area (Å²) in [6, 6.07) is 3.64. The first-order valence-electron chi connectivity index (χ1n) is 6.49. The lowest BCUT2D eigenvalue weighted by molar-refractivity contribution is 0.356. The second-order valence-electron chi connectivity index (χ2n) is 4.77. The van der Waals surface area contributed by atoms with E-state index in [1.807, 2.05) is 17.0 Å². The molecule has 6 heteroatoms. The highest BCUT2D eigenvalue weighted by molar-refractivity contribution is 5.82. The van der Waals surface area contributed by atoms with E-state index in [2.05, 4.69) is 9.97 Å². The Morgan fingerprint density at radius 1 is 1.25 bits per heavy atom. The van der Waals surface area contributed by atoms with Crippen LogP contribution in [0.4, 0.5) is 10.3 Å². The van der Waals surface area contributed by atoms with Gasteiger partial charge < -0.3 is 14.4 Å². The number of nitrogens with zero attached hydrogens (tertiary/aromatic N) is 3. The van der Waals surface area contributed by atoms with Crippen molar-refractivity contribution in [2.45, 2.75) is 12.6 Å². The standard InChI is InChI=1S/C14H16FN3O2/c1-19-12-5-9-7-16-14(18-4-3-10(15)8-18)17-11(9)6-13(12)20-2/h5-7,10H,3-4,8H2,1-2H3. The van der Waals surface area contributed by atoms with Crippen molar-refractivity contribution in [3.63, 3.8) is 0 Å². The van der Waals surface area contributed by atoms with Gasteiger partial charge in [0.2, 0.25) is 5.95 Å². The molecule has 3 rings (SSSR count). The van der Waals surface area contributed by atoms with Crippen molar-refractivity contribution < 1.29 is 13.9 Å². The third-order valence-corrected chi connectivity index (χ3v) is 3.49. The van der Waals surface area contributed by atoms with Crippen LogP contribution < -0.4 is 14.4 Å². The molecule has 0 spiro atoms. The topological polar surface area (TPSA) is 47.5 Å². The van der Waals surface area contributed by atoms with E-state index in [0.717, 1.165) is 10.9 Å². The molecule has 1 aliphatic rings. The molecular formula is C14H16FN3O2. The molecule has 106 valence electrons. The Morgan fingerprint density at radius 3 is 2.65 bits per heavy atom. The molecule has 0 radical (unpaired) electrons. The summed E-state index contributed by atoms with van der Waals surface area (Å²) in [5.41, 5.74) is 0.759. The van der Waals surface area contributed by atoms with Crippen LogP contribution in [0.1, 0.15) is 6.42 Å². The van der Waals surface area contributed by atoms with E-state index < -0.39 is 6.17 Å². The molecule has 1 atom stereocenters. The lowest BCUT2D eigenvalue weighted by Crippen LogP contribution is -2.22. The maximum atomic E-state index is 13.3. The first-order valence-corrected chi connectivity index (χ1v) is 6.49. The van der Waals surface area contributed by atoms with E-state index in [1.54, 1.807) is 20.4 Å².